The molecule has 82 valence electrons. The fourth-order valence-electron chi connectivity index (χ4n) is 0.851. The van der Waals surface area contributed by atoms with Crippen LogP contribution in [0.5, 0.6) is 5.75 Å². The molecule has 0 saturated heterocycles. The number of hydrogen-bond acceptors (Lipinski definition) is 3. The number of ether oxygens (including phenoxy) is 1. The summed E-state index contributed by atoms with van der Waals surface area (Å²) in [5.74, 6) is -1.86. The topological polar surface area (TPSA) is 52.4 Å². The predicted molar refractivity (Wildman–Crippen MR) is 44.7 cm³/mol. The summed E-state index contributed by atoms with van der Waals surface area (Å²) in [6.45, 7) is -3.25. The molecule has 0 aliphatic rings. The lowest BCUT2D eigenvalue weighted by Crippen LogP contribution is -2.05. The minimum absolute atomic E-state index is 0.417. The van der Waals surface area contributed by atoms with Gasteiger partial charge in [-0.3, -0.25) is 10.1 Å². The lowest BCUT2D eigenvalue weighted by molar-refractivity contribution is -0.386. The molecule has 0 aliphatic carbocycles. The summed E-state index contributed by atoms with van der Waals surface area (Å²) in [7, 11) is 0. The van der Waals surface area contributed by atoms with E-state index >= 15 is 0 Å². The minimum Gasteiger partial charge on any atom is -0.427 e. The maximum Gasteiger partial charge on any atom is 0.387 e. The summed E-state index contributed by atoms with van der Waals surface area (Å²) in [5.41, 5.74) is -0.905. The van der Waals surface area contributed by atoms with Crippen LogP contribution in [0.3, 0.4) is 0 Å². The maximum absolute atomic E-state index is 12.8. The number of benzene rings is 1. The van der Waals surface area contributed by atoms with Crippen molar-refractivity contribution in [2.45, 2.75) is 6.61 Å². The van der Waals surface area contributed by atoms with Gasteiger partial charge in [-0.15, -0.1) is 0 Å². The Morgan fingerprint density at radius 3 is 2.53 bits per heavy atom. The van der Waals surface area contributed by atoms with Crippen LogP contribution in [0.4, 0.5) is 18.9 Å². The zero-order valence-electron chi connectivity index (χ0n) is 6.92. The number of nitro groups is 1. The SMILES string of the molecule is O=[N+]([O-])c1cc(F)c(Cl)cc1OC(F)F. The van der Waals surface area contributed by atoms with Crippen LogP contribution in [-0.2, 0) is 0 Å². The van der Waals surface area contributed by atoms with Crippen molar-refractivity contribution < 1.29 is 22.8 Å². The van der Waals surface area contributed by atoms with E-state index in [4.69, 9.17) is 11.6 Å². The first-order valence-electron chi connectivity index (χ1n) is 3.50. The highest BCUT2D eigenvalue weighted by atomic mass is 35.5. The average Bonchev–Trinajstić information content (AvgIpc) is 2.09. The Morgan fingerprint density at radius 1 is 1.47 bits per heavy atom. The zero-order chi connectivity index (χ0) is 11.6. The van der Waals surface area contributed by atoms with E-state index in [1.165, 1.54) is 0 Å². The van der Waals surface area contributed by atoms with Crippen molar-refractivity contribution in [3.05, 3.63) is 33.1 Å². The Kier molecular flexibility index (Phi) is 3.35. The van der Waals surface area contributed by atoms with Gasteiger partial charge in [-0.1, -0.05) is 11.6 Å². The monoisotopic (exact) mass is 241 g/mol. The van der Waals surface area contributed by atoms with Gasteiger partial charge in [-0.2, -0.15) is 8.78 Å². The average molecular weight is 242 g/mol. The lowest BCUT2D eigenvalue weighted by Gasteiger charge is -2.05. The van der Waals surface area contributed by atoms with Gasteiger partial charge in [0, 0.05) is 6.07 Å². The van der Waals surface area contributed by atoms with Gasteiger partial charge in [0.2, 0.25) is 5.75 Å². The van der Waals surface area contributed by atoms with Gasteiger partial charge in [0.1, 0.15) is 5.82 Å². The van der Waals surface area contributed by atoms with Crippen LogP contribution in [0.2, 0.25) is 5.02 Å². The van der Waals surface area contributed by atoms with Crippen molar-refractivity contribution in [1.82, 2.24) is 0 Å². The first-order valence-corrected chi connectivity index (χ1v) is 3.88. The van der Waals surface area contributed by atoms with Crippen molar-refractivity contribution in [1.29, 1.82) is 0 Å². The maximum atomic E-state index is 12.8. The van der Waals surface area contributed by atoms with Gasteiger partial charge >= 0.3 is 12.3 Å². The highest BCUT2D eigenvalue weighted by molar-refractivity contribution is 6.31. The van der Waals surface area contributed by atoms with E-state index in [-0.39, 0.29) is 0 Å². The van der Waals surface area contributed by atoms with E-state index in [0.29, 0.717) is 12.1 Å². The van der Waals surface area contributed by atoms with Gasteiger partial charge in [0.25, 0.3) is 0 Å². The number of rotatable bonds is 3. The molecular weight excluding hydrogens is 239 g/mol. The molecular formula is C7H3ClF3NO3. The zero-order valence-corrected chi connectivity index (χ0v) is 7.67. The molecule has 0 amide bonds. The Morgan fingerprint density at radius 2 is 2.07 bits per heavy atom. The highest BCUT2D eigenvalue weighted by Gasteiger charge is 2.21. The Hall–Kier alpha value is -1.50. The molecule has 0 spiro atoms. The molecule has 0 aromatic heterocycles. The number of hydrogen-bond donors (Lipinski definition) is 0. The second-order valence-electron chi connectivity index (χ2n) is 2.37. The largest absolute Gasteiger partial charge is 0.427 e. The summed E-state index contributed by atoms with van der Waals surface area (Å²) in [5, 5.41) is 9.81. The molecule has 0 bridgehead atoms. The third-order valence-corrected chi connectivity index (χ3v) is 1.70. The molecule has 0 aliphatic heterocycles. The predicted octanol–water partition coefficient (Wildman–Crippen LogP) is 2.99. The molecule has 0 radical (unpaired) electrons. The third-order valence-electron chi connectivity index (χ3n) is 1.41. The molecule has 0 heterocycles. The van der Waals surface area contributed by atoms with Crippen LogP contribution < -0.4 is 4.74 Å². The molecule has 15 heavy (non-hydrogen) atoms. The van der Waals surface area contributed by atoms with Gasteiger partial charge in [-0.05, 0) is 0 Å². The number of nitro benzene ring substituents is 1. The number of nitrogens with zero attached hydrogens (tertiary/aromatic N) is 1. The smallest absolute Gasteiger partial charge is 0.387 e. The van der Waals surface area contributed by atoms with Crippen molar-refractivity contribution >= 4 is 17.3 Å². The van der Waals surface area contributed by atoms with E-state index < -0.39 is 33.8 Å². The first-order chi connectivity index (χ1) is 6.91. The fourth-order valence-corrected chi connectivity index (χ4v) is 1.00. The molecule has 8 heteroatoms. The summed E-state index contributed by atoms with van der Waals surface area (Å²) >= 11 is 5.25. The molecule has 1 aromatic carbocycles. The quantitative estimate of drug-likeness (QED) is 0.604. The normalized spacial score (nSPS) is 10.5. The summed E-state index contributed by atoms with van der Waals surface area (Å²) in [6.07, 6.45) is 0. The lowest BCUT2D eigenvalue weighted by atomic mass is 10.3. The van der Waals surface area contributed by atoms with E-state index in [1.807, 2.05) is 0 Å². The van der Waals surface area contributed by atoms with E-state index in [9.17, 15) is 23.3 Å². The molecule has 4 nitrogen and oxygen atoms in total. The van der Waals surface area contributed by atoms with Crippen molar-refractivity contribution in [3.63, 3.8) is 0 Å². The third kappa shape index (κ3) is 2.72. The van der Waals surface area contributed by atoms with Gasteiger partial charge in [-0.25, -0.2) is 4.39 Å². The van der Waals surface area contributed by atoms with Crippen LogP contribution in [0.25, 0.3) is 0 Å². The second kappa shape index (κ2) is 4.35. The second-order valence-corrected chi connectivity index (χ2v) is 2.78. The summed E-state index contributed by atoms with van der Waals surface area (Å²) < 4.78 is 40.2. The summed E-state index contributed by atoms with van der Waals surface area (Å²) in [6, 6.07) is 1.04. The molecule has 0 unspecified atom stereocenters. The minimum atomic E-state index is -3.25. The Bertz CT molecular complexity index is 399. The molecule has 1 rings (SSSR count). The Labute approximate surface area is 86.4 Å². The van der Waals surface area contributed by atoms with Crippen LogP contribution in [-0.4, -0.2) is 11.5 Å². The standard InChI is InChI=1S/C7H3ClF3NO3/c8-3-1-6(15-7(10)11)5(12(13)14)2-4(3)9/h1-2,7H. The van der Waals surface area contributed by atoms with Gasteiger partial charge < -0.3 is 4.74 Å². The highest BCUT2D eigenvalue weighted by Crippen LogP contribution is 2.33. The molecule has 0 atom stereocenters. The molecule has 1 aromatic rings. The van der Waals surface area contributed by atoms with Gasteiger partial charge in [0.15, 0.2) is 0 Å². The number of alkyl halides is 2. The van der Waals surface area contributed by atoms with Gasteiger partial charge in [0.05, 0.1) is 16.0 Å². The van der Waals surface area contributed by atoms with Crippen molar-refractivity contribution in [3.8, 4) is 5.75 Å². The summed E-state index contributed by atoms with van der Waals surface area (Å²) in [4.78, 5) is 9.29. The van der Waals surface area contributed by atoms with E-state index in [1.54, 1.807) is 0 Å². The fraction of sp³-hybridized carbons (Fsp3) is 0.143. The Balaban J connectivity index is 3.22. The van der Waals surface area contributed by atoms with E-state index in [2.05, 4.69) is 4.74 Å². The van der Waals surface area contributed by atoms with Crippen LogP contribution in [0.15, 0.2) is 12.1 Å². The van der Waals surface area contributed by atoms with Crippen LogP contribution >= 0.6 is 11.6 Å². The first kappa shape index (κ1) is 11.6. The van der Waals surface area contributed by atoms with Crippen LogP contribution in [0.1, 0.15) is 0 Å². The molecule has 0 fully saturated rings. The number of halogens is 4. The molecule has 0 N–H and O–H groups in total. The van der Waals surface area contributed by atoms with Crippen LogP contribution in [0, 0.1) is 15.9 Å². The van der Waals surface area contributed by atoms with Crippen molar-refractivity contribution in [2.24, 2.45) is 0 Å². The van der Waals surface area contributed by atoms with Crippen molar-refractivity contribution in [2.75, 3.05) is 0 Å². The molecule has 0 saturated carbocycles. The van der Waals surface area contributed by atoms with E-state index in [0.717, 1.165) is 0 Å².